The third-order valence-corrected chi connectivity index (χ3v) is 3.27. The molecule has 0 saturated heterocycles. The summed E-state index contributed by atoms with van der Waals surface area (Å²) in [6, 6.07) is 6.38. The van der Waals surface area contributed by atoms with Crippen LogP contribution in [0.1, 0.15) is 17.0 Å². The summed E-state index contributed by atoms with van der Waals surface area (Å²) >= 11 is 0. The lowest BCUT2D eigenvalue weighted by Crippen LogP contribution is -2.23. The van der Waals surface area contributed by atoms with Crippen LogP contribution in [0, 0.1) is 0 Å². The predicted octanol–water partition coefficient (Wildman–Crippen LogP) is 1.44. The van der Waals surface area contributed by atoms with Crippen LogP contribution in [0.3, 0.4) is 0 Å². The molecule has 5 heteroatoms. The van der Waals surface area contributed by atoms with Crippen molar-refractivity contribution in [3.05, 3.63) is 35.2 Å². The maximum Gasteiger partial charge on any atom is 0.257 e. The molecule has 1 aromatic heterocycles. The van der Waals surface area contributed by atoms with Gasteiger partial charge in [-0.05, 0) is 50.3 Å². The van der Waals surface area contributed by atoms with E-state index in [9.17, 15) is 0 Å². The van der Waals surface area contributed by atoms with Crippen molar-refractivity contribution in [2.24, 2.45) is 0 Å². The van der Waals surface area contributed by atoms with Gasteiger partial charge in [0.05, 0.1) is 6.54 Å². The van der Waals surface area contributed by atoms with Gasteiger partial charge in [0, 0.05) is 12.1 Å². The standard InChI is InChI=1S/C14H18N4O/c1-18(2)9-13-16-14(19-17-13)11-4-3-10-5-6-15-8-12(10)7-11/h3-4,7,15H,5-6,8-9H2,1-2H3. The van der Waals surface area contributed by atoms with Crippen molar-refractivity contribution in [3.8, 4) is 11.5 Å². The minimum atomic E-state index is 0.602. The van der Waals surface area contributed by atoms with Gasteiger partial charge in [-0.2, -0.15) is 4.98 Å². The highest BCUT2D eigenvalue weighted by molar-refractivity contribution is 5.56. The first kappa shape index (κ1) is 12.3. The van der Waals surface area contributed by atoms with Gasteiger partial charge in [0.25, 0.3) is 5.89 Å². The van der Waals surface area contributed by atoms with Gasteiger partial charge in [0.1, 0.15) is 0 Å². The van der Waals surface area contributed by atoms with Gasteiger partial charge in [-0.15, -0.1) is 0 Å². The van der Waals surface area contributed by atoms with E-state index in [0.29, 0.717) is 12.4 Å². The van der Waals surface area contributed by atoms with Gasteiger partial charge < -0.3 is 14.7 Å². The largest absolute Gasteiger partial charge is 0.334 e. The maximum absolute atomic E-state index is 5.33. The lowest BCUT2D eigenvalue weighted by atomic mass is 9.98. The van der Waals surface area contributed by atoms with Crippen LogP contribution in [0.4, 0.5) is 0 Å². The van der Waals surface area contributed by atoms with Crippen LogP contribution in [-0.4, -0.2) is 35.7 Å². The van der Waals surface area contributed by atoms with Gasteiger partial charge in [-0.1, -0.05) is 11.2 Å². The Morgan fingerprint density at radius 1 is 1.32 bits per heavy atom. The van der Waals surface area contributed by atoms with Crippen molar-refractivity contribution < 1.29 is 4.52 Å². The fraction of sp³-hybridized carbons (Fsp3) is 0.429. The van der Waals surface area contributed by atoms with Crippen molar-refractivity contribution in [2.45, 2.75) is 19.5 Å². The zero-order chi connectivity index (χ0) is 13.2. The number of nitrogens with zero attached hydrogens (tertiary/aromatic N) is 3. The summed E-state index contributed by atoms with van der Waals surface area (Å²) in [6.45, 7) is 2.66. The van der Waals surface area contributed by atoms with Gasteiger partial charge in [-0.3, -0.25) is 0 Å². The molecular weight excluding hydrogens is 240 g/mol. The number of nitrogens with one attached hydrogen (secondary N) is 1. The highest BCUT2D eigenvalue weighted by Crippen LogP contribution is 2.23. The molecule has 0 radical (unpaired) electrons. The van der Waals surface area contributed by atoms with Crippen LogP contribution < -0.4 is 5.32 Å². The summed E-state index contributed by atoms with van der Waals surface area (Å²) in [5, 5.41) is 7.38. The van der Waals surface area contributed by atoms with E-state index in [0.717, 1.165) is 30.9 Å². The average Bonchev–Trinajstić information content (AvgIpc) is 2.86. The zero-order valence-corrected chi connectivity index (χ0v) is 11.3. The molecule has 1 aliphatic heterocycles. The van der Waals surface area contributed by atoms with E-state index >= 15 is 0 Å². The molecule has 0 spiro atoms. The Bertz CT molecular complexity index is 577. The number of hydrogen-bond acceptors (Lipinski definition) is 5. The molecule has 1 N–H and O–H groups in total. The van der Waals surface area contributed by atoms with Gasteiger partial charge >= 0.3 is 0 Å². The molecule has 0 fully saturated rings. The molecular formula is C14H18N4O. The monoisotopic (exact) mass is 258 g/mol. The van der Waals surface area contributed by atoms with Crippen LogP contribution in [0.25, 0.3) is 11.5 Å². The zero-order valence-electron chi connectivity index (χ0n) is 11.3. The Hall–Kier alpha value is -1.72. The Balaban J connectivity index is 1.87. The summed E-state index contributed by atoms with van der Waals surface area (Å²) in [5.41, 5.74) is 3.74. The van der Waals surface area contributed by atoms with Gasteiger partial charge in [0.15, 0.2) is 5.82 Å². The van der Waals surface area contributed by atoms with Crippen LogP contribution in [0.5, 0.6) is 0 Å². The highest BCUT2D eigenvalue weighted by atomic mass is 16.5. The first-order chi connectivity index (χ1) is 9.22. The van der Waals surface area contributed by atoms with Gasteiger partial charge in [0.2, 0.25) is 0 Å². The van der Waals surface area contributed by atoms with Crippen LogP contribution in [0.2, 0.25) is 0 Å². The molecule has 1 aromatic carbocycles. The van der Waals surface area contributed by atoms with Crippen molar-refractivity contribution in [2.75, 3.05) is 20.6 Å². The second kappa shape index (κ2) is 5.11. The highest BCUT2D eigenvalue weighted by Gasteiger charge is 2.13. The summed E-state index contributed by atoms with van der Waals surface area (Å²) in [7, 11) is 3.97. The molecule has 2 heterocycles. The van der Waals surface area contributed by atoms with Crippen LogP contribution in [-0.2, 0) is 19.5 Å². The van der Waals surface area contributed by atoms with E-state index in [-0.39, 0.29) is 0 Å². The summed E-state index contributed by atoms with van der Waals surface area (Å²) in [4.78, 5) is 6.45. The first-order valence-electron chi connectivity index (χ1n) is 6.52. The number of benzene rings is 1. The summed E-state index contributed by atoms with van der Waals surface area (Å²) in [6.07, 6.45) is 1.09. The van der Waals surface area contributed by atoms with E-state index < -0.39 is 0 Å². The predicted molar refractivity (Wildman–Crippen MR) is 72.5 cm³/mol. The smallest absolute Gasteiger partial charge is 0.257 e. The second-order valence-corrected chi connectivity index (χ2v) is 5.16. The average molecular weight is 258 g/mol. The molecule has 1 aliphatic rings. The maximum atomic E-state index is 5.33. The Morgan fingerprint density at radius 3 is 3.05 bits per heavy atom. The van der Waals surface area contributed by atoms with Gasteiger partial charge in [-0.25, -0.2) is 0 Å². The third kappa shape index (κ3) is 2.67. The van der Waals surface area contributed by atoms with Crippen LogP contribution >= 0.6 is 0 Å². The quantitative estimate of drug-likeness (QED) is 0.903. The lowest BCUT2D eigenvalue weighted by Gasteiger charge is -2.17. The Morgan fingerprint density at radius 2 is 2.21 bits per heavy atom. The molecule has 5 nitrogen and oxygen atoms in total. The molecule has 19 heavy (non-hydrogen) atoms. The number of hydrogen-bond donors (Lipinski definition) is 1. The van der Waals surface area contributed by atoms with Crippen LogP contribution in [0.15, 0.2) is 22.7 Å². The minimum Gasteiger partial charge on any atom is -0.334 e. The molecule has 0 amide bonds. The molecule has 3 rings (SSSR count). The van der Waals surface area contributed by atoms with Crippen molar-refractivity contribution in [3.63, 3.8) is 0 Å². The summed E-state index contributed by atoms with van der Waals surface area (Å²) < 4.78 is 5.33. The van der Waals surface area contributed by atoms with Crippen molar-refractivity contribution in [1.82, 2.24) is 20.4 Å². The number of rotatable bonds is 3. The fourth-order valence-corrected chi connectivity index (χ4v) is 2.33. The molecule has 0 bridgehead atoms. The Labute approximate surface area is 112 Å². The van der Waals surface area contributed by atoms with E-state index in [1.165, 1.54) is 11.1 Å². The minimum absolute atomic E-state index is 0.602. The normalized spacial score (nSPS) is 14.7. The molecule has 0 atom stereocenters. The Kier molecular flexibility index (Phi) is 3.31. The number of aromatic nitrogens is 2. The first-order valence-corrected chi connectivity index (χ1v) is 6.52. The molecule has 0 aliphatic carbocycles. The molecule has 0 unspecified atom stereocenters. The second-order valence-electron chi connectivity index (χ2n) is 5.16. The fourth-order valence-electron chi connectivity index (χ4n) is 2.33. The van der Waals surface area contributed by atoms with Crippen molar-refractivity contribution in [1.29, 1.82) is 0 Å². The lowest BCUT2D eigenvalue weighted by molar-refractivity contribution is 0.365. The van der Waals surface area contributed by atoms with E-state index in [1.807, 2.05) is 19.0 Å². The SMILES string of the molecule is CN(C)Cc1noc(-c2ccc3c(c2)CNCC3)n1. The van der Waals surface area contributed by atoms with E-state index in [1.54, 1.807) is 0 Å². The topological polar surface area (TPSA) is 54.2 Å². The number of fused-ring (bicyclic) bond motifs is 1. The summed E-state index contributed by atoms with van der Waals surface area (Å²) in [5.74, 6) is 1.32. The molecule has 100 valence electrons. The molecule has 0 saturated carbocycles. The van der Waals surface area contributed by atoms with E-state index in [4.69, 9.17) is 4.52 Å². The molecule has 2 aromatic rings. The van der Waals surface area contributed by atoms with Crippen molar-refractivity contribution >= 4 is 0 Å². The third-order valence-electron chi connectivity index (χ3n) is 3.27. The van der Waals surface area contributed by atoms with E-state index in [2.05, 4.69) is 33.7 Å².